The van der Waals surface area contributed by atoms with Crippen molar-refractivity contribution in [1.29, 1.82) is 0 Å². The van der Waals surface area contributed by atoms with Crippen molar-refractivity contribution in [3.8, 4) is 0 Å². The molecule has 2 aliphatic carbocycles. The van der Waals surface area contributed by atoms with Gasteiger partial charge in [0.05, 0.1) is 11.3 Å². The Labute approximate surface area is 124 Å². The van der Waals surface area contributed by atoms with E-state index in [1.165, 1.54) is 0 Å². The van der Waals surface area contributed by atoms with Crippen molar-refractivity contribution in [2.75, 3.05) is 5.32 Å². The lowest BCUT2D eigenvalue weighted by Crippen LogP contribution is -2.28. The zero-order valence-corrected chi connectivity index (χ0v) is 12.0. The van der Waals surface area contributed by atoms with E-state index in [0.29, 0.717) is 17.3 Å². The van der Waals surface area contributed by atoms with E-state index < -0.39 is 0 Å². The second-order valence-corrected chi connectivity index (χ2v) is 6.05. The Balaban J connectivity index is 1.69. The van der Waals surface area contributed by atoms with Gasteiger partial charge in [0.25, 0.3) is 5.91 Å². The molecule has 2 saturated carbocycles. The zero-order valence-electron chi connectivity index (χ0n) is 12.0. The van der Waals surface area contributed by atoms with Gasteiger partial charge in [-0.3, -0.25) is 9.59 Å². The molecule has 2 fully saturated rings. The Hall–Kier alpha value is -1.88. The molecule has 2 amide bonds. The Morgan fingerprint density at radius 1 is 1.10 bits per heavy atom. The summed E-state index contributed by atoms with van der Waals surface area (Å²) in [4.78, 5) is 24.5. The summed E-state index contributed by atoms with van der Waals surface area (Å²) >= 11 is 0. The van der Waals surface area contributed by atoms with Gasteiger partial charge in [-0.15, -0.1) is 0 Å². The average Bonchev–Trinajstić information content (AvgIpc) is 3.17. The first-order valence-corrected chi connectivity index (χ1v) is 7.60. The third-order valence-corrected chi connectivity index (χ3v) is 4.19. The van der Waals surface area contributed by atoms with Crippen molar-refractivity contribution >= 4 is 17.5 Å². The van der Waals surface area contributed by atoms with Crippen LogP contribution in [0, 0.1) is 5.92 Å². The highest BCUT2D eigenvalue weighted by molar-refractivity contribution is 6.04. The van der Waals surface area contributed by atoms with Crippen LogP contribution in [0.2, 0.25) is 0 Å². The first-order chi connectivity index (χ1) is 10.1. The highest BCUT2D eigenvalue weighted by Crippen LogP contribution is 2.26. The highest BCUT2D eigenvalue weighted by atomic mass is 16.2. The van der Waals surface area contributed by atoms with Gasteiger partial charge in [-0.25, -0.2) is 0 Å². The Morgan fingerprint density at radius 3 is 2.52 bits per heavy atom. The molecule has 0 bridgehead atoms. The summed E-state index contributed by atoms with van der Waals surface area (Å²) in [6, 6.07) is 7.57. The summed E-state index contributed by atoms with van der Waals surface area (Å²) < 4.78 is 0. The third kappa shape index (κ3) is 3.42. The van der Waals surface area contributed by atoms with Crippen LogP contribution in [0.5, 0.6) is 0 Å². The minimum Gasteiger partial charge on any atom is -0.349 e. The van der Waals surface area contributed by atoms with Crippen molar-refractivity contribution in [2.24, 2.45) is 11.7 Å². The Kier molecular flexibility index (Phi) is 3.92. The smallest absolute Gasteiger partial charge is 0.253 e. The first-order valence-electron chi connectivity index (χ1n) is 7.60. The molecule has 112 valence electrons. The van der Waals surface area contributed by atoms with E-state index >= 15 is 0 Å². The average molecular weight is 287 g/mol. The molecule has 0 spiro atoms. The van der Waals surface area contributed by atoms with Gasteiger partial charge in [0.15, 0.2) is 0 Å². The van der Waals surface area contributed by atoms with Crippen molar-refractivity contribution in [3.63, 3.8) is 0 Å². The topological polar surface area (TPSA) is 84.2 Å². The van der Waals surface area contributed by atoms with Gasteiger partial charge in [-0.1, -0.05) is 12.1 Å². The molecule has 0 heterocycles. The van der Waals surface area contributed by atoms with Gasteiger partial charge in [-0.2, -0.15) is 0 Å². The monoisotopic (exact) mass is 287 g/mol. The highest BCUT2D eigenvalue weighted by Gasteiger charge is 2.29. The lowest BCUT2D eigenvalue weighted by Gasteiger charge is -2.14. The maximum absolute atomic E-state index is 12.3. The van der Waals surface area contributed by atoms with E-state index in [2.05, 4.69) is 10.6 Å². The number of carbonyl (C=O) groups is 2. The molecule has 2 aliphatic rings. The van der Waals surface area contributed by atoms with E-state index in [9.17, 15) is 9.59 Å². The fraction of sp³-hybridized carbons (Fsp3) is 0.500. The SMILES string of the molecule is NC1CCC(C(=O)Nc2ccccc2C(=O)NC2CC2)C1. The molecule has 3 rings (SSSR count). The number of carbonyl (C=O) groups excluding carboxylic acids is 2. The van der Waals surface area contributed by atoms with Crippen LogP contribution in [0.3, 0.4) is 0 Å². The number of para-hydroxylation sites is 1. The summed E-state index contributed by atoms with van der Waals surface area (Å²) in [6.07, 6.45) is 4.52. The van der Waals surface area contributed by atoms with Crippen molar-refractivity contribution < 1.29 is 9.59 Å². The number of rotatable bonds is 4. The van der Waals surface area contributed by atoms with Gasteiger partial charge in [-0.05, 0) is 44.2 Å². The standard InChI is InChI=1S/C16H21N3O2/c17-11-6-5-10(9-11)15(20)19-14-4-2-1-3-13(14)16(21)18-12-7-8-12/h1-4,10-12H,5-9,17H2,(H,18,21)(H,19,20). The number of amides is 2. The molecule has 0 aliphatic heterocycles. The quantitative estimate of drug-likeness (QED) is 0.787. The fourth-order valence-electron chi connectivity index (χ4n) is 2.77. The van der Waals surface area contributed by atoms with Crippen LogP contribution in [0.15, 0.2) is 24.3 Å². The van der Waals surface area contributed by atoms with Gasteiger partial charge in [0, 0.05) is 18.0 Å². The minimum absolute atomic E-state index is 0.0328. The number of benzene rings is 1. The summed E-state index contributed by atoms with van der Waals surface area (Å²) in [5.74, 6) is -0.189. The summed E-state index contributed by atoms with van der Waals surface area (Å²) in [5.41, 5.74) is 6.96. The normalized spacial score (nSPS) is 24.6. The predicted molar refractivity (Wildman–Crippen MR) is 80.9 cm³/mol. The van der Waals surface area contributed by atoms with Crippen molar-refractivity contribution in [1.82, 2.24) is 5.32 Å². The second kappa shape index (κ2) is 5.85. The largest absolute Gasteiger partial charge is 0.349 e. The maximum Gasteiger partial charge on any atom is 0.253 e. The van der Waals surface area contributed by atoms with Crippen molar-refractivity contribution in [3.05, 3.63) is 29.8 Å². The number of nitrogens with one attached hydrogen (secondary N) is 2. The molecule has 4 N–H and O–H groups in total. The first kappa shape index (κ1) is 14.1. The molecule has 1 aromatic rings. The van der Waals surface area contributed by atoms with E-state index in [0.717, 1.165) is 32.1 Å². The van der Waals surface area contributed by atoms with E-state index in [4.69, 9.17) is 5.73 Å². The fourth-order valence-corrected chi connectivity index (χ4v) is 2.77. The van der Waals surface area contributed by atoms with Gasteiger partial charge in [0.1, 0.15) is 0 Å². The third-order valence-electron chi connectivity index (χ3n) is 4.19. The van der Waals surface area contributed by atoms with Crippen LogP contribution in [0.1, 0.15) is 42.5 Å². The number of hydrogen-bond acceptors (Lipinski definition) is 3. The van der Waals surface area contributed by atoms with Gasteiger partial charge < -0.3 is 16.4 Å². The molecular weight excluding hydrogens is 266 g/mol. The molecule has 5 heteroatoms. The van der Waals surface area contributed by atoms with Crippen molar-refractivity contribution in [2.45, 2.75) is 44.2 Å². The summed E-state index contributed by atoms with van der Waals surface area (Å²) in [7, 11) is 0. The van der Waals surface area contributed by atoms with Gasteiger partial charge in [0.2, 0.25) is 5.91 Å². The predicted octanol–water partition coefficient (Wildman–Crippen LogP) is 1.64. The molecule has 0 aromatic heterocycles. The van der Waals surface area contributed by atoms with E-state index in [1.54, 1.807) is 12.1 Å². The summed E-state index contributed by atoms with van der Waals surface area (Å²) in [5, 5.41) is 5.84. The second-order valence-electron chi connectivity index (χ2n) is 6.05. The zero-order chi connectivity index (χ0) is 14.8. The number of anilines is 1. The molecule has 1 aromatic carbocycles. The molecule has 0 radical (unpaired) electrons. The van der Waals surface area contributed by atoms with Crippen LogP contribution in [-0.2, 0) is 4.79 Å². The van der Waals surface area contributed by atoms with Crippen LogP contribution < -0.4 is 16.4 Å². The molecule has 0 saturated heterocycles. The maximum atomic E-state index is 12.3. The van der Waals surface area contributed by atoms with Crippen LogP contribution in [0.4, 0.5) is 5.69 Å². The van der Waals surface area contributed by atoms with E-state index in [-0.39, 0.29) is 23.8 Å². The lowest BCUT2D eigenvalue weighted by molar-refractivity contribution is -0.119. The Bertz CT molecular complexity index is 554. The lowest BCUT2D eigenvalue weighted by atomic mass is 10.1. The van der Waals surface area contributed by atoms with E-state index in [1.807, 2.05) is 12.1 Å². The Morgan fingerprint density at radius 2 is 1.86 bits per heavy atom. The minimum atomic E-state index is -0.114. The molecule has 5 nitrogen and oxygen atoms in total. The summed E-state index contributed by atoms with van der Waals surface area (Å²) in [6.45, 7) is 0. The molecular formula is C16H21N3O2. The molecule has 2 atom stereocenters. The number of nitrogens with two attached hydrogens (primary N) is 1. The number of hydrogen-bond donors (Lipinski definition) is 3. The van der Waals surface area contributed by atoms with Crippen LogP contribution in [-0.4, -0.2) is 23.9 Å². The molecule has 21 heavy (non-hydrogen) atoms. The van der Waals surface area contributed by atoms with Crippen LogP contribution >= 0.6 is 0 Å². The van der Waals surface area contributed by atoms with Gasteiger partial charge >= 0.3 is 0 Å². The molecule has 2 unspecified atom stereocenters. The van der Waals surface area contributed by atoms with Crippen LogP contribution in [0.25, 0.3) is 0 Å².